The second kappa shape index (κ2) is 9.59. The smallest absolute Gasteiger partial charge is 0.228 e. The molecule has 3 amide bonds. The highest BCUT2D eigenvalue weighted by Gasteiger charge is 2.38. The van der Waals surface area contributed by atoms with Crippen LogP contribution < -0.4 is 10.2 Å². The molecule has 3 heterocycles. The molecule has 4 rings (SSSR count). The van der Waals surface area contributed by atoms with E-state index in [-0.39, 0.29) is 36.0 Å². The van der Waals surface area contributed by atoms with Gasteiger partial charge in [0.15, 0.2) is 0 Å². The van der Waals surface area contributed by atoms with Gasteiger partial charge in [-0.15, -0.1) is 0 Å². The van der Waals surface area contributed by atoms with Gasteiger partial charge in [0, 0.05) is 37.7 Å². The number of rotatable bonds is 6. The summed E-state index contributed by atoms with van der Waals surface area (Å²) in [5.41, 5.74) is 2.04. The van der Waals surface area contributed by atoms with Crippen LogP contribution in [0.4, 0.5) is 5.69 Å². The maximum atomic E-state index is 13.1. The predicted molar refractivity (Wildman–Crippen MR) is 121 cm³/mol. The number of carbonyl (C=O) groups excluding carboxylic acids is 3. The summed E-state index contributed by atoms with van der Waals surface area (Å²) in [6.45, 7) is 6.14. The number of amides is 3. The molecule has 7 heteroatoms. The van der Waals surface area contributed by atoms with E-state index in [4.69, 9.17) is 4.42 Å². The van der Waals surface area contributed by atoms with Crippen molar-refractivity contribution in [1.82, 2.24) is 10.2 Å². The minimum Gasteiger partial charge on any atom is -0.467 e. The average Bonchev–Trinajstić information content (AvgIpc) is 3.47. The number of nitrogens with zero attached hydrogens (tertiary/aromatic N) is 2. The van der Waals surface area contributed by atoms with Crippen LogP contribution in [0.1, 0.15) is 50.4 Å². The highest BCUT2D eigenvalue weighted by atomic mass is 16.3. The molecule has 1 aromatic carbocycles. The van der Waals surface area contributed by atoms with E-state index in [0.717, 1.165) is 11.4 Å². The maximum Gasteiger partial charge on any atom is 0.228 e. The van der Waals surface area contributed by atoms with Crippen molar-refractivity contribution in [3.8, 4) is 0 Å². The van der Waals surface area contributed by atoms with E-state index in [2.05, 4.69) is 25.2 Å². The lowest BCUT2D eigenvalue weighted by Crippen LogP contribution is -2.45. The zero-order valence-corrected chi connectivity index (χ0v) is 18.8. The average molecular weight is 438 g/mol. The third-order valence-corrected chi connectivity index (χ3v) is 6.52. The van der Waals surface area contributed by atoms with Crippen LogP contribution in [0.15, 0.2) is 47.1 Å². The highest BCUT2D eigenvalue weighted by molar-refractivity contribution is 6.00. The zero-order chi connectivity index (χ0) is 22.7. The van der Waals surface area contributed by atoms with Crippen LogP contribution in [0.25, 0.3) is 0 Å². The molecule has 1 N–H and O–H groups in total. The molecular weight excluding hydrogens is 406 g/mol. The minimum atomic E-state index is -0.325. The Balaban J connectivity index is 1.29. The van der Waals surface area contributed by atoms with Crippen LogP contribution in [-0.4, -0.2) is 42.3 Å². The number of nitrogens with one attached hydrogen (secondary N) is 1. The first-order valence-electron chi connectivity index (χ1n) is 11.4. The van der Waals surface area contributed by atoms with Crippen LogP contribution in [-0.2, 0) is 20.9 Å². The second-order valence-electron chi connectivity index (χ2n) is 9.05. The summed E-state index contributed by atoms with van der Waals surface area (Å²) in [4.78, 5) is 41.7. The molecule has 1 atom stereocenters. The van der Waals surface area contributed by atoms with Gasteiger partial charge in [0.1, 0.15) is 5.76 Å². The van der Waals surface area contributed by atoms with E-state index < -0.39 is 0 Å². The third kappa shape index (κ3) is 4.87. The van der Waals surface area contributed by atoms with E-state index in [1.807, 2.05) is 29.2 Å². The van der Waals surface area contributed by atoms with Crippen LogP contribution in [0.3, 0.4) is 0 Å². The van der Waals surface area contributed by atoms with Gasteiger partial charge in [0.05, 0.1) is 18.7 Å². The zero-order valence-electron chi connectivity index (χ0n) is 18.8. The first kappa shape index (κ1) is 22.1. The molecule has 0 aliphatic carbocycles. The number of anilines is 1. The molecule has 2 aromatic rings. The van der Waals surface area contributed by atoms with Crippen molar-refractivity contribution in [2.75, 3.05) is 24.5 Å². The number of hydrogen-bond donors (Lipinski definition) is 1. The Bertz CT molecular complexity index is 961. The molecule has 0 spiro atoms. The van der Waals surface area contributed by atoms with Crippen LogP contribution in [0.2, 0.25) is 0 Å². The van der Waals surface area contributed by atoms with Crippen molar-refractivity contribution in [3.63, 3.8) is 0 Å². The summed E-state index contributed by atoms with van der Waals surface area (Å²) in [7, 11) is 0. The van der Waals surface area contributed by atoms with Crippen molar-refractivity contribution in [2.24, 2.45) is 11.8 Å². The molecule has 1 unspecified atom stereocenters. The van der Waals surface area contributed by atoms with Gasteiger partial charge in [-0.25, -0.2) is 0 Å². The van der Waals surface area contributed by atoms with Gasteiger partial charge in [-0.05, 0) is 48.6 Å². The van der Waals surface area contributed by atoms with Crippen LogP contribution in [0.5, 0.6) is 0 Å². The topological polar surface area (TPSA) is 82.9 Å². The lowest BCUT2D eigenvalue weighted by molar-refractivity contribution is -0.139. The fourth-order valence-electron chi connectivity index (χ4n) is 4.53. The summed E-state index contributed by atoms with van der Waals surface area (Å²) < 4.78 is 5.24. The van der Waals surface area contributed by atoms with Crippen molar-refractivity contribution >= 4 is 23.4 Å². The Labute approximate surface area is 188 Å². The van der Waals surface area contributed by atoms with Gasteiger partial charge < -0.3 is 19.5 Å². The second-order valence-corrected chi connectivity index (χ2v) is 9.05. The Hall–Kier alpha value is -3.09. The first-order chi connectivity index (χ1) is 15.4. The normalized spacial score (nSPS) is 19.6. The largest absolute Gasteiger partial charge is 0.467 e. The SMILES string of the molecule is CC(C)c1cccc(N2CC(C(=O)N3CCC(C(=O)NCc4ccco4)CC3)CC2=O)c1. The number of furan rings is 1. The molecule has 1 aromatic heterocycles. The van der Waals surface area contributed by atoms with Gasteiger partial charge in [-0.3, -0.25) is 14.4 Å². The number of piperidine rings is 1. The van der Waals surface area contributed by atoms with Gasteiger partial charge in [-0.2, -0.15) is 0 Å². The summed E-state index contributed by atoms with van der Waals surface area (Å²) in [6.07, 6.45) is 3.10. The number of hydrogen-bond acceptors (Lipinski definition) is 4. The van der Waals surface area contributed by atoms with Crippen molar-refractivity contribution in [3.05, 3.63) is 54.0 Å². The molecule has 0 bridgehead atoms. The van der Waals surface area contributed by atoms with Crippen molar-refractivity contribution < 1.29 is 18.8 Å². The molecule has 0 radical (unpaired) electrons. The molecule has 2 saturated heterocycles. The van der Waals surface area contributed by atoms with E-state index in [1.165, 1.54) is 5.56 Å². The van der Waals surface area contributed by atoms with Gasteiger partial charge >= 0.3 is 0 Å². The lowest BCUT2D eigenvalue weighted by Gasteiger charge is -2.32. The van der Waals surface area contributed by atoms with Crippen LogP contribution >= 0.6 is 0 Å². The van der Waals surface area contributed by atoms with E-state index in [1.54, 1.807) is 17.2 Å². The molecule has 2 aliphatic rings. The Morgan fingerprint density at radius 3 is 2.59 bits per heavy atom. The summed E-state index contributed by atoms with van der Waals surface area (Å²) in [5.74, 6) is 0.694. The lowest BCUT2D eigenvalue weighted by atomic mass is 9.94. The molecule has 2 aliphatic heterocycles. The van der Waals surface area contributed by atoms with Gasteiger partial charge in [-0.1, -0.05) is 26.0 Å². The molecule has 0 saturated carbocycles. The number of carbonyl (C=O) groups is 3. The van der Waals surface area contributed by atoms with E-state index in [0.29, 0.717) is 44.9 Å². The van der Waals surface area contributed by atoms with Crippen LogP contribution in [0, 0.1) is 11.8 Å². The molecule has 170 valence electrons. The highest BCUT2D eigenvalue weighted by Crippen LogP contribution is 2.30. The number of likely N-dealkylation sites (tertiary alicyclic amines) is 1. The first-order valence-corrected chi connectivity index (χ1v) is 11.4. The molecule has 2 fully saturated rings. The molecular formula is C25H31N3O4. The Morgan fingerprint density at radius 2 is 1.91 bits per heavy atom. The van der Waals surface area contributed by atoms with E-state index >= 15 is 0 Å². The maximum absolute atomic E-state index is 13.1. The fourth-order valence-corrected chi connectivity index (χ4v) is 4.53. The van der Waals surface area contributed by atoms with Gasteiger partial charge in [0.2, 0.25) is 17.7 Å². The quantitative estimate of drug-likeness (QED) is 0.752. The van der Waals surface area contributed by atoms with Gasteiger partial charge in [0.25, 0.3) is 0 Å². The fraction of sp³-hybridized carbons (Fsp3) is 0.480. The minimum absolute atomic E-state index is 0.000697. The monoisotopic (exact) mass is 437 g/mol. The Kier molecular flexibility index (Phi) is 6.63. The standard InChI is InChI=1S/C25H31N3O4/c1-17(2)19-5-3-6-21(13-19)28-16-20(14-23(28)29)25(31)27-10-8-18(9-11-27)24(30)26-15-22-7-4-12-32-22/h3-7,12-13,17-18,20H,8-11,14-16H2,1-2H3,(H,26,30). The summed E-state index contributed by atoms with van der Waals surface area (Å²) in [6, 6.07) is 11.6. The van der Waals surface area contributed by atoms with Crippen molar-refractivity contribution in [2.45, 2.75) is 45.6 Å². The number of benzene rings is 1. The third-order valence-electron chi connectivity index (χ3n) is 6.52. The Morgan fingerprint density at radius 1 is 1.12 bits per heavy atom. The molecule has 7 nitrogen and oxygen atoms in total. The molecule has 32 heavy (non-hydrogen) atoms. The van der Waals surface area contributed by atoms with Crippen molar-refractivity contribution in [1.29, 1.82) is 0 Å². The predicted octanol–water partition coefficient (Wildman–Crippen LogP) is 3.31. The van der Waals surface area contributed by atoms with E-state index in [9.17, 15) is 14.4 Å². The summed E-state index contributed by atoms with van der Waals surface area (Å²) >= 11 is 0. The summed E-state index contributed by atoms with van der Waals surface area (Å²) in [5, 5.41) is 2.91.